The molecule has 1 saturated heterocycles. The van der Waals surface area contributed by atoms with E-state index in [1.54, 1.807) is 0 Å². The van der Waals surface area contributed by atoms with Gasteiger partial charge in [0.2, 0.25) is 0 Å². The van der Waals surface area contributed by atoms with Crippen LogP contribution in [-0.4, -0.2) is 58.3 Å². The molecule has 6 heteroatoms. The maximum Gasteiger partial charge on any atom is 0.273 e. The van der Waals surface area contributed by atoms with Crippen LogP contribution in [0.5, 0.6) is 0 Å². The Labute approximate surface area is 184 Å². The van der Waals surface area contributed by atoms with E-state index in [9.17, 15) is 9.59 Å². The lowest BCUT2D eigenvalue weighted by Gasteiger charge is -2.30. The van der Waals surface area contributed by atoms with Crippen LogP contribution in [0.1, 0.15) is 78.3 Å². The van der Waals surface area contributed by atoms with Gasteiger partial charge in [-0.25, -0.2) is 4.98 Å². The van der Waals surface area contributed by atoms with Crippen LogP contribution >= 0.6 is 0 Å². The van der Waals surface area contributed by atoms with Gasteiger partial charge in [-0.3, -0.25) is 14.5 Å². The SMILES string of the molecule is CCN1CCCC1CNC(=O)c1c2c(nc3ccccc13)C(=O)N(C1CCCCC1)C2. The van der Waals surface area contributed by atoms with E-state index in [4.69, 9.17) is 4.98 Å². The average molecular weight is 421 g/mol. The molecule has 5 rings (SSSR count). The number of fused-ring (bicyclic) bond motifs is 2. The number of hydrogen-bond donors (Lipinski definition) is 1. The van der Waals surface area contributed by atoms with Crippen LogP contribution in [0.3, 0.4) is 0 Å². The zero-order valence-corrected chi connectivity index (χ0v) is 18.4. The highest BCUT2D eigenvalue weighted by molar-refractivity contribution is 6.11. The predicted octanol–water partition coefficient (Wildman–Crippen LogP) is 3.74. The summed E-state index contributed by atoms with van der Waals surface area (Å²) in [4.78, 5) is 35.9. The first kappa shape index (κ1) is 20.4. The number of nitrogens with zero attached hydrogens (tertiary/aromatic N) is 3. The summed E-state index contributed by atoms with van der Waals surface area (Å²) in [6.45, 7) is 5.45. The van der Waals surface area contributed by atoms with Crippen LogP contribution in [0.15, 0.2) is 24.3 Å². The van der Waals surface area contributed by atoms with E-state index < -0.39 is 0 Å². The van der Waals surface area contributed by atoms with Crippen molar-refractivity contribution in [2.24, 2.45) is 0 Å². The lowest BCUT2D eigenvalue weighted by atomic mass is 9.94. The first-order valence-corrected chi connectivity index (χ1v) is 11.9. The number of pyridine rings is 1. The van der Waals surface area contributed by atoms with E-state index >= 15 is 0 Å². The first-order valence-electron chi connectivity index (χ1n) is 11.9. The highest BCUT2D eigenvalue weighted by atomic mass is 16.2. The monoisotopic (exact) mass is 420 g/mol. The Morgan fingerprint density at radius 1 is 1.13 bits per heavy atom. The van der Waals surface area contributed by atoms with E-state index in [2.05, 4.69) is 17.1 Å². The van der Waals surface area contributed by atoms with Gasteiger partial charge in [0.05, 0.1) is 11.1 Å². The summed E-state index contributed by atoms with van der Waals surface area (Å²) in [5.74, 6) is -0.0780. The molecule has 164 valence electrons. The Kier molecular flexibility index (Phi) is 5.65. The predicted molar refractivity (Wildman–Crippen MR) is 121 cm³/mol. The molecule has 1 atom stereocenters. The van der Waals surface area contributed by atoms with Gasteiger partial charge in [-0.15, -0.1) is 0 Å². The number of nitrogens with one attached hydrogen (secondary N) is 1. The molecule has 1 aromatic carbocycles. The van der Waals surface area contributed by atoms with E-state index in [1.165, 1.54) is 25.7 Å². The largest absolute Gasteiger partial charge is 0.350 e. The Morgan fingerprint density at radius 2 is 1.94 bits per heavy atom. The lowest BCUT2D eigenvalue weighted by Crippen LogP contribution is -2.40. The molecule has 1 saturated carbocycles. The number of carbonyl (C=O) groups excluding carboxylic acids is 2. The quantitative estimate of drug-likeness (QED) is 0.800. The highest BCUT2D eigenvalue weighted by Gasteiger charge is 2.38. The highest BCUT2D eigenvalue weighted by Crippen LogP contribution is 2.34. The number of likely N-dealkylation sites (N-methyl/N-ethyl adjacent to an activating group) is 1. The molecule has 2 aromatic rings. The zero-order chi connectivity index (χ0) is 21.4. The fourth-order valence-electron chi connectivity index (χ4n) is 5.75. The first-order chi connectivity index (χ1) is 15.2. The Morgan fingerprint density at radius 3 is 2.74 bits per heavy atom. The van der Waals surface area contributed by atoms with E-state index in [0.717, 1.165) is 48.8 Å². The summed E-state index contributed by atoms with van der Waals surface area (Å²) >= 11 is 0. The normalized spacial score (nSPS) is 22.3. The molecule has 0 bridgehead atoms. The van der Waals surface area contributed by atoms with E-state index in [0.29, 0.717) is 30.4 Å². The minimum Gasteiger partial charge on any atom is -0.350 e. The second kappa shape index (κ2) is 8.58. The van der Waals surface area contributed by atoms with E-state index in [1.807, 2.05) is 29.2 Å². The van der Waals surface area contributed by atoms with Crippen LogP contribution in [0.25, 0.3) is 10.9 Å². The molecular formula is C25H32N4O2. The van der Waals surface area contributed by atoms with E-state index in [-0.39, 0.29) is 17.9 Å². The van der Waals surface area contributed by atoms with Crippen LogP contribution in [0.4, 0.5) is 0 Å². The molecule has 1 aromatic heterocycles. The Hall–Kier alpha value is -2.47. The van der Waals surface area contributed by atoms with Gasteiger partial charge in [0.25, 0.3) is 11.8 Å². The van der Waals surface area contributed by atoms with Crippen LogP contribution in [0.2, 0.25) is 0 Å². The number of rotatable bonds is 5. The van der Waals surface area contributed by atoms with Crippen LogP contribution in [0, 0.1) is 0 Å². The second-order valence-corrected chi connectivity index (χ2v) is 9.19. The molecule has 1 unspecified atom stereocenters. The van der Waals surface area contributed by atoms with Crippen molar-refractivity contribution in [3.8, 4) is 0 Å². The van der Waals surface area contributed by atoms with Crippen LogP contribution in [-0.2, 0) is 6.54 Å². The van der Waals surface area contributed by atoms with Gasteiger partial charge in [0.1, 0.15) is 5.69 Å². The molecule has 3 heterocycles. The van der Waals surface area contributed by atoms with Crippen molar-refractivity contribution in [2.45, 2.75) is 70.5 Å². The molecule has 6 nitrogen and oxygen atoms in total. The number of likely N-dealkylation sites (tertiary alicyclic amines) is 1. The molecular weight excluding hydrogens is 388 g/mol. The van der Waals surface area contributed by atoms with Crippen molar-refractivity contribution >= 4 is 22.7 Å². The molecule has 2 aliphatic heterocycles. The zero-order valence-electron chi connectivity index (χ0n) is 18.4. The number of amides is 2. The summed E-state index contributed by atoms with van der Waals surface area (Å²) < 4.78 is 0. The van der Waals surface area contributed by atoms with Gasteiger partial charge in [-0.05, 0) is 44.8 Å². The summed E-state index contributed by atoms with van der Waals surface area (Å²) in [7, 11) is 0. The molecule has 1 N–H and O–H groups in total. The fraction of sp³-hybridized carbons (Fsp3) is 0.560. The number of carbonyl (C=O) groups is 2. The smallest absolute Gasteiger partial charge is 0.273 e. The van der Waals surface area contributed by atoms with Crippen molar-refractivity contribution in [3.63, 3.8) is 0 Å². The molecule has 0 spiro atoms. The second-order valence-electron chi connectivity index (χ2n) is 9.19. The fourth-order valence-corrected chi connectivity index (χ4v) is 5.75. The van der Waals surface area contributed by atoms with Gasteiger partial charge in [0, 0.05) is 36.1 Å². The minimum atomic E-state index is -0.0731. The molecule has 1 aliphatic carbocycles. The molecule has 2 fully saturated rings. The number of hydrogen-bond acceptors (Lipinski definition) is 4. The number of aromatic nitrogens is 1. The summed E-state index contributed by atoms with van der Waals surface area (Å²) in [5.41, 5.74) is 2.66. The molecule has 0 radical (unpaired) electrons. The number of benzene rings is 1. The maximum absolute atomic E-state index is 13.5. The number of para-hydroxylation sites is 1. The average Bonchev–Trinajstić information content (AvgIpc) is 3.40. The Bertz CT molecular complexity index is 998. The summed E-state index contributed by atoms with van der Waals surface area (Å²) in [6.07, 6.45) is 8.00. The molecule has 31 heavy (non-hydrogen) atoms. The van der Waals surface area contributed by atoms with Gasteiger partial charge in [-0.1, -0.05) is 44.4 Å². The Balaban J connectivity index is 1.47. The summed E-state index contributed by atoms with van der Waals surface area (Å²) in [5, 5.41) is 4.04. The van der Waals surface area contributed by atoms with Gasteiger partial charge < -0.3 is 10.2 Å². The third kappa shape index (κ3) is 3.71. The van der Waals surface area contributed by atoms with Gasteiger partial charge >= 0.3 is 0 Å². The third-order valence-corrected chi connectivity index (χ3v) is 7.43. The minimum absolute atomic E-state index is 0.00495. The van der Waals surface area contributed by atoms with Crippen molar-refractivity contribution in [2.75, 3.05) is 19.6 Å². The summed E-state index contributed by atoms with van der Waals surface area (Å²) in [6, 6.07) is 8.39. The van der Waals surface area contributed by atoms with Crippen molar-refractivity contribution in [1.29, 1.82) is 0 Å². The third-order valence-electron chi connectivity index (χ3n) is 7.43. The van der Waals surface area contributed by atoms with Crippen molar-refractivity contribution < 1.29 is 9.59 Å². The van der Waals surface area contributed by atoms with Crippen molar-refractivity contribution in [1.82, 2.24) is 20.1 Å². The maximum atomic E-state index is 13.5. The molecule has 3 aliphatic rings. The molecule has 2 amide bonds. The topological polar surface area (TPSA) is 65.5 Å². The standard InChI is InChI=1S/C25H32N4O2/c1-2-28-14-8-11-18(28)15-26-24(30)22-19-12-6-7-13-21(19)27-23-20(22)16-29(25(23)31)17-9-4-3-5-10-17/h6-7,12-13,17-18H,2-5,8-11,14-16H2,1H3,(H,26,30). The van der Waals surface area contributed by atoms with Crippen LogP contribution < -0.4 is 5.32 Å². The van der Waals surface area contributed by atoms with Gasteiger partial charge in [0.15, 0.2) is 0 Å². The van der Waals surface area contributed by atoms with Gasteiger partial charge in [-0.2, -0.15) is 0 Å². The lowest BCUT2D eigenvalue weighted by molar-refractivity contribution is 0.0655. The van der Waals surface area contributed by atoms with Crippen molar-refractivity contribution in [3.05, 3.63) is 41.1 Å².